The van der Waals surface area contributed by atoms with Crippen molar-refractivity contribution in [1.82, 2.24) is 4.31 Å². The number of benzene rings is 1. The van der Waals surface area contributed by atoms with E-state index in [1.165, 1.54) is 6.92 Å². The highest BCUT2D eigenvalue weighted by Gasteiger charge is 2.41. The molecule has 20 heavy (non-hydrogen) atoms. The Morgan fingerprint density at radius 3 is 2.20 bits per heavy atom. The Kier molecular flexibility index (Phi) is 3.42. The van der Waals surface area contributed by atoms with Gasteiger partial charge in [0.25, 0.3) is 0 Å². The van der Waals surface area contributed by atoms with Crippen LogP contribution in [0.3, 0.4) is 0 Å². The van der Waals surface area contributed by atoms with Crippen molar-refractivity contribution < 1.29 is 13.2 Å². The van der Waals surface area contributed by atoms with E-state index in [0.29, 0.717) is 22.9 Å². The molecule has 0 heterocycles. The first-order chi connectivity index (χ1) is 9.48. The van der Waals surface area contributed by atoms with E-state index in [-0.39, 0.29) is 11.8 Å². The number of hydrogen-bond acceptors (Lipinski definition) is 3. The molecule has 108 valence electrons. The van der Waals surface area contributed by atoms with Crippen molar-refractivity contribution in [2.45, 2.75) is 43.5 Å². The smallest absolute Gasteiger partial charge is 0.243 e. The van der Waals surface area contributed by atoms with Crippen LogP contribution in [0.2, 0.25) is 0 Å². The number of carbonyl (C=O) groups is 1. The molecule has 1 aromatic carbocycles. The van der Waals surface area contributed by atoms with Gasteiger partial charge in [-0.05, 0) is 50.7 Å². The van der Waals surface area contributed by atoms with Crippen molar-refractivity contribution in [1.29, 1.82) is 0 Å². The van der Waals surface area contributed by atoms with E-state index in [1.54, 1.807) is 28.6 Å². The van der Waals surface area contributed by atoms with Gasteiger partial charge in [-0.25, -0.2) is 8.42 Å². The second-order valence-corrected chi connectivity index (χ2v) is 7.72. The highest BCUT2D eigenvalue weighted by molar-refractivity contribution is 7.89. The number of sulfonamides is 1. The summed E-state index contributed by atoms with van der Waals surface area (Å²) in [6.45, 7) is 2.13. The lowest BCUT2D eigenvalue weighted by atomic mass is 10.2. The second kappa shape index (κ2) is 4.97. The maximum absolute atomic E-state index is 12.7. The van der Waals surface area contributed by atoms with Gasteiger partial charge in [-0.3, -0.25) is 4.79 Å². The first kappa shape index (κ1) is 13.8. The zero-order chi connectivity index (χ0) is 14.3. The molecule has 0 N–H and O–H groups in total. The molecule has 4 nitrogen and oxygen atoms in total. The predicted molar refractivity (Wildman–Crippen MR) is 76.1 cm³/mol. The summed E-state index contributed by atoms with van der Waals surface area (Å²) in [7, 11) is -3.41. The van der Waals surface area contributed by atoms with E-state index in [2.05, 4.69) is 0 Å². The standard InChI is InChI=1S/C15H19NO3S/c1-11(17)13-4-8-15(9-5-13)20(18,19)16(14-6-7-14)10-12-2-3-12/h4-5,8-9,12,14H,2-3,6-7,10H2,1H3. The van der Waals surface area contributed by atoms with Crippen LogP contribution in [0.5, 0.6) is 0 Å². The zero-order valence-electron chi connectivity index (χ0n) is 11.6. The van der Waals surface area contributed by atoms with Gasteiger partial charge in [-0.15, -0.1) is 0 Å². The van der Waals surface area contributed by atoms with Crippen molar-refractivity contribution >= 4 is 15.8 Å². The van der Waals surface area contributed by atoms with Crippen LogP contribution < -0.4 is 0 Å². The van der Waals surface area contributed by atoms with Crippen LogP contribution in [-0.4, -0.2) is 31.1 Å². The molecule has 0 saturated heterocycles. The van der Waals surface area contributed by atoms with Crippen molar-refractivity contribution in [2.24, 2.45) is 5.92 Å². The maximum Gasteiger partial charge on any atom is 0.243 e. The van der Waals surface area contributed by atoms with E-state index < -0.39 is 10.0 Å². The van der Waals surface area contributed by atoms with Crippen LogP contribution >= 0.6 is 0 Å². The van der Waals surface area contributed by atoms with Crippen LogP contribution in [0, 0.1) is 5.92 Å². The third-order valence-corrected chi connectivity index (χ3v) is 5.89. The lowest BCUT2D eigenvalue weighted by molar-refractivity contribution is 0.101. The van der Waals surface area contributed by atoms with Gasteiger partial charge in [0.05, 0.1) is 4.90 Å². The van der Waals surface area contributed by atoms with Gasteiger partial charge < -0.3 is 0 Å². The van der Waals surface area contributed by atoms with Crippen molar-refractivity contribution in [3.8, 4) is 0 Å². The fourth-order valence-electron chi connectivity index (χ4n) is 2.36. The average molecular weight is 293 g/mol. The second-order valence-electron chi connectivity index (χ2n) is 5.83. The van der Waals surface area contributed by atoms with Gasteiger partial charge in [-0.1, -0.05) is 12.1 Å². The third kappa shape index (κ3) is 2.79. The molecular weight excluding hydrogens is 274 g/mol. The topological polar surface area (TPSA) is 54.5 Å². The summed E-state index contributed by atoms with van der Waals surface area (Å²) in [6, 6.07) is 6.48. The summed E-state index contributed by atoms with van der Waals surface area (Å²) in [5.41, 5.74) is 0.545. The summed E-state index contributed by atoms with van der Waals surface area (Å²) in [4.78, 5) is 11.6. The Labute approximate surface area is 119 Å². The predicted octanol–water partition coefficient (Wildman–Crippen LogP) is 2.45. The SMILES string of the molecule is CC(=O)c1ccc(S(=O)(=O)N(CC2CC2)C2CC2)cc1. The highest BCUT2D eigenvalue weighted by Crippen LogP contribution is 2.37. The molecular formula is C15H19NO3S. The summed E-state index contributed by atoms with van der Waals surface area (Å²) in [6.07, 6.45) is 4.22. The lowest BCUT2D eigenvalue weighted by Gasteiger charge is -2.21. The van der Waals surface area contributed by atoms with Crippen LogP contribution in [0.15, 0.2) is 29.2 Å². The minimum Gasteiger partial charge on any atom is -0.295 e. The van der Waals surface area contributed by atoms with Crippen LogP contribution in [0.25, 0.3) is 0 Å². The van der Waals surface area contributed by atoms with E-state index >= 15 is 0 Å². The largest absolute Gasteiger partial charge is 0.295 e. The molecule has 5 heteroatoms. The molecule has 0 amide bonds. The van der Waals surface area contributed by atoms with Crippen LogP contribution in [0.1, 0.15) is 43.0 Å². The summed E-state index contributed by atoms with van der Waals surface area (Å²) < 4.78 is 27.1. The molecule has 2 saturated carbocycles. The van der Waals surface area contributed by atoms with Crippen molar-refractivity contribution in [2.75, 3.05) is 6.54 Å². The number of rotatable bonds is 6. The summed E-state index contributed by atoms with van der Waals surface area (Å²) in [5, 5.41) is 0. The van der Waals surface area contributed by atoms with Gasteiger partial charge >= 0.3 is 0 Å². The minimum absolute atomic E-state index is 0.0500. The Balaban J connectivity index is 1.86. The average Bonchev–Trinajstić information content (AvgIpc) is 3.27. The zero-order valence-corrected chi connectivity index (χ0v) is 12.4. The van der Waals surface area contributed by atoms with Crippen LogP contribution in [-0.2, 0) is 10.0 Å². The molecule has 3 rings (SSSR count). The number of ketones is 1. The molecule has 0 radical (unpaired) electrons. The summed E-state index contributed by atoms with van der Waals surface area (Å²) >= 11 is 0. The lowest BCUT2D eigenvalue weighted by Crippen LogP contribution is -2.34. The van der Waals surface area contributed by atoms with Gasteiger partial charge in [-0.2, -0.15) is 4.31 Å². The quantitative estimate of drug-likeness (QED) is 0.757. The molecule has 0 unspecified atom stereocenters. The first-order valence-electron chi connectivity index (χ1n) is 7.11. The molecule has 0 bridgehead atoms. The molecule has 2 aliphatic rings. The normalized spacial score (nSPS) is 19.3. The number of carbonyl (C=O) groups excluding carboxylic acids is 1. The molecule has 2 fully saturated rings. The Morgan fingerprint density at radius 2 is 1.75 bits per heavy atom. The van der Waals surface area contributed by atoms with E-state index in [0.717, 1.165) is 25.7 Å². The number of hydrogen-bond donors (Lipinski definition) is 0. The Hall–Kier alpha value is -1.20. The fourth-order valence-corrected chi connectivity index (χ4v) is 4.12. The molecule has 2 aliphatic carbocycles. The van der Waals surface area contributed by atoms with E-state index in [1.807, 2.05) is 0 Å². The monoisotopic (exact) mass is 293 g/mol. The Bertz CT molecular complexity index is 613. The third-order valence-electron chi connectivity index (χ3n) is 3.96. The highest BCUT2D eigenvalue weighted by atomic mass is 32.2. The number of nitrogens with zero attached hydrogens (tertiary/aromatic N) is 1. The molecule has 0 aliphatic heterocycles. The van der Waals surface area contributed by atoms with Gasteiger partial charge in [0.15, 0.2) is 5.78 Å². The van der Waals surface area contributed by atoms with Crippen molar-refractivity contribution in [3.05, 3.63) is 29.8 Å². The molecule has 0 aromatic heterocycles. The first-order valence-corrected chi connectivity index (χ1v) is 8.55. The molecule has 0 atom stereocenters. The maximum atomic E-state index is 12.7. The fraction of sp³-hybridized carbons (Fsp3) is 0.533. The van der Waals surface area contributed by atoms with E-state index in [9.17, 15) is 13.2 Å². The summed E-state index contributed by atoms with van der Waals surface area (Å²) in [5.74, 6) is 0.493. The van der Waals surface area contributed by atoms with Gasteiger partial charge in [0, 0.05) is 18.2 Å². The molecule has 1 aromatic rings. The minimum atomic E-state index is -3.41. The van der Waals surface area contributed by atoms with E-state index in [4.69, 9.17) is 0 Å². The van der Waals surface area contributed by atoms with Crippen molar-refractivity contribution in [3.63, 3.8) is 0 Å². The van der Waals surface area contributed by atoms with Gasteiger partial charge in [0.2, 0.25) is 10.0 Å². The Morgan fingerprint density at radius 1 is 1.15 bits per heavy atom. The molecule has 0 spiro atoms. The number of Topliss-reactive ketones (excluding diaryl/α,β-unsaturated/α-hetero) is 1. The van der Waals surface area contributed by atoms with Gasteiger partial charge in [0.1, 0.15) is 0 Å². The van der Waals surface area contributed by atoms with Crippen LogP contribution in [0.4, 0.5) is 0 Å².